The molecular weight excluding hydrogens is 266 g/mol. The van der Waals surface area contributed by atoms with Gasteiger partial charge in [0.2, 0.25) is 5.91 Å². The van der Waals surface area contributed by atoms with Gasteiger partial charge in [-0.05, 0) is 51.9 Å². The summed E-state index contributed by atoms with van der Waals surface area (Å²) >= 11 is 0. The topological polar surface area (TPSA) is 47.6 Å². The van der Waals surface area contributed by atoms with Gasteiger partial charge in [0.15, 0.2) is 0 Å². The van der Waals surface area contributed by atoms with Crippen molar-refractivity contribution in [2.24, 2.45) is 5.41 Å². The van der Waals surface area contributed by atoms with Crippen molar-refractivity contribution in [2.45, 2.75) is 64.0 Å². The molecule has 1 N–H and O–H groups in total. The molecule has 0 aromatic rings. The molecule has 0 unspecified atom stereocenters. The van der Waals surface area contributed by atoms with E-state index in [4.69, 9.17) is 9.47 Å². The van der Waals surface area contributed by atoms with Crippen LogP contribution in [0.3, 0.4) is 0 Å². The zero-order valence-corrected chi connectivity index (χ0v) is 13.0. The summed E-state index contributed by atoms with van der Waals surface area (Å²) in [4.78, 5) is 12.4. The molecule has 3 aliphatic rings. The Bertz CT molecular complexity index is 412. The van der Waals surface area contributed by atoms with Gasteiger partial charge in [-0.2, -0.15) is 0 Å². The molecule has 2 atom stereocenters. The van der Waals surface area contributed by atoms with Crippen LogP contribution in [0.1, 0.15) is 51.9 Å². The van der Waals surface area contributed by atoms with Gasteiger partial charge in [-0.25, -0.2) is 0 Å². The lowest BCUT2D eigenvalue weighted by atomic mass is 9.57. The van der Waals surface area contributed by atoms with E-state index in [1.165, 1.54) is 6.42 Å². The van der Waals surface area contributed by atoms with Crippen molar-refractivity contribution < 1.29 is 14.3 Å². The van der Waals surface area contributed by atoms with Crippen molar-refractivity contribution in [3.63, 3.8) is 0 Å². The molecule has 2 aliphatic carbocycles. The van der Waals surface area contributed by atoms with Gasteiger partial charge in [0.05, 0.1) is 6.10 Å². The Balaban J connectivity index is 1.64. The molecule has 0 radical (unpaired) electrons. The molecule has 0 bridgehead atoms. The summed E-state index contributed by atoms with van der Waals surface area (Å²) in [6.07, 6.45) is 9.71. The summed E-state index contributed by atoms with van der Waals surface area (Å²) in [6.45, 7) is 4.38. The zero-order chi connectivity index (χ0) is 14.7. The Morgan fingerprint density at radius 2 is 2.24 bits per heavy atom. The van der Waals surface area contributed by atoms with E-state index in [0.29, 0.717) is 0 Å². The van der Waals surface area contributed by atoms with E-state index in [9.17, 15) is 4.79 Å². The van der Waals surface area contributed by atoms with Crippen molar-refractivity contribution in [3.8, 4) is 0 Å². The largest absolute Gasteiger partial charge is 0.381 e. The lowest BCUT2D eigenvalue weighted by molar-refractivity contribution is -0.175. The third-order valence-corrected chi connectivity index (χ3v) is 5.46. The molecule has 0 aromatic heterocycles. The van der Waals surface area contributed by atoms with E-state index < -0.39 is 0 Å². The highest BCUT2D eigenvalue weighted by atomic mass is 16.5. The van der Waals surface area contributed by atoms with E-state index in [-0.39, 0.29) is 23.5 Å². The summed E-state index contributed by atoms with van der Waals surface area (Å²) in [5, 5.41) is 3.29. The molecule has 1 spiro atoms. The van der Waals surface area contributed by atoms with E-state index in [2.05, 4.69) is 11.4 Å². The molecule has 1 saturated carbocycles. The van der Waals surface area contributed by atoms with Crippen molar-refractivity contribution >= 4 is 5.91 Å². The number of amides is 1. The van der Waals surface area contributed by atoms with Gasteiger partial charge in [-0.3, -0.25) is 4.79 Å². The highest BCUT2D eigenvalue weighted by Crippen LogP contribution is 2.50. The Morgan fingerprint density at radius 1 is 1.43 bits per heavy atom. The highest BCUT2D eigenvalue weighted by molar-refractivity contribution is 5.93. The third kappa shape index (κ3) is 2.88. The minimum atomic E-state index is 0.110. The molecule has 21 heavy (non-hydrogen) atoms. The summed E-state index contributed by atoms with van der Waals surface area (Å²) in [6, 6.07) is 0.258. The van der Waals surface area contributed by atoms with Crippen LogP contribution in [0, 0.1) is 5.41 Å². The molecule has 4 nitrogen and oxygen atoms in total. The number of rotatable bonds is 4. The van der Waals surface area contributed by atoms with Crippen molar-refractivity contribution in [1.82, 2.24) is 5.32 Å². The minimum Gasteiger partial charge on any atom is -0.381 e. The maximum absolute atomic E-state index is 12.4. The van der Waals surface area contributed by atoms with Gasteiger partial charge in [0.1, 0.15) is 0 Å². The number of hydrogen-bond acceptors (Lipinski definition) is 3. The van der Waals surface area contributed by atoms with Crippen LogP contribution in [0.4, 0.5) is 0 Å². The average molecular weight is 293 g/mol. The number of carbonyl (C=O) groups excluding carboxylic acids is 1. The van der Waals surface area contributed by atoms with Crippen molar-refractivity contribution in [1.29, 1.82) is 0 Å². The standard InChI is InChI=1S/C17H27NO3/c1-2-21-15-12-14(17(15)8-10-20-11-9-17)18-16(19)13-6-4-3-5-7-13/h6,14-15H,2-5,7-12H2,1H3,(H,18,19)/t14-,15+/m0/s1. The summed E-state index contributed by atoms with van der Waals surface area (Å²) in [5.41, 5.74) is 1.10. The summed E-state index contributed by atoms with van der Waals surface area (Å²) < 4.78 is 11.4. The second-order valence-electron chi connectivity index (χ2n) is 6.53. The molecule has 118 valence electrons. The lowest BCUT2D eigenvalue weighted by Gasteiger charge is -2.57. The average Bonchev–Trinajstić information content (AvgIpc) is 2.55. The van der Waals surface area contributed by atoms with Crippen LogP contribution in [0.25, 0.3) is 0 Å². The molecule has 1 heterocycles. The fourth-order valence-electron chi connectivity index (χ4n) is 4.10. The fourth-order valence-corrected chi connectivity index (χ4v) is 4.10. The van der Waals surface area contributed by atoms with Crippen molar-refractivity contribution in [2.75, 3.05) is 19.8 Å². The molecule has 3 rings (SSSR count). The van der Waals surface area contributed by atoms with Gasteiger partial charge in [-0.1, -0.05) is 6.08 Å². The van der Waals surface area contributed by atoms with E-state index in [0.717, 1.165) is 63.9 Å². The van der Waals surface area contributed by atoms with Crippen molar-refractivity contribution in [3.05, 3.63) is 11.6 Å². The molecule has 2 fully saturated rings. The van der Waals surface area contributed by atoms with E-state index in [1.807, 2.05) is 6.92 Å². The van der Waals surface area contributed by atoms with Gasteiger partial charge in [0, 0.05) is 36.9 Å². The molecule has 0 aromatic carbocycles. The maximum Gasteiger partial charge on any atom is 0.247 e. The number of nitrogens with one attached hydrogen (secondary N) is 1. The van der Waals surface area contributed by atoms with Crippen LogP contribution in [0.5, 0.6) is 0 Å². The number of carbonyl (C=O) groups is 1. The van der Waals surface area contributed by atoms with Crippen LogP contribution in [0.2, 0.25) is 0 Å². The van der Waals surface area contributed by atoms with Gasteiger partial charge in [-0.15, -0.1) is 0 Å². The van der Waals surface area contributed by atoms with Crippen LogP contribution < -0.4 is 5.32 Å². The number of allylic oxidation sites excluding steroid dienone is 1. The van der Waals surface area contributed by atoms with E-state index in [1.54, 1.807) is 0 Å². The van der Waals surface area contributed by atoms with Crippen LogP contribution in [-0.2, 0) is 14.3 Å². The smallest absolute Gasteiger partial charge is 0.247 e. The quantitative estimate of drug-likeness (QED) is 0.866. The van der Waals surface area contributed by atoms with Gasteiger partial charge in [0.25, 0.3) is 0 Å². The predicted octanol–water partition coefficient (Wildman–Crippen LogP) is 2.58. The first-order chi connectivity index (χ1) is 10.3. The van der Waals surface area contributed by atoms with E-state index >= 15 is 0 Å². The fraction of sp³-hybridized carbons (Fsp3) is 0.824. The molecule has 1 aliphatic heterocycles. The first-order valence-corrected chi connectivity index (χ1v) is 8.45. The maximum atomic E-state index is 12.4. The van der Waals surface area contributed by atoms with Crippen LogP contribution in [0.15, 0.2) is 11.6 Å². The highest BCUT2D eigenvalue weighted by Gasteiger charge is 2.56. The number of hydrogen-bond donors (Lipinski definition) is 1. The van der Waals surface area contributed by atoms with Crippen LogP contribution in [-0.4, -0.2) is 37.9 Å². The molecule has 1 saturated heterocycles. The summed E-state index contributed by atoms with van der Waals surface area (Å²) in [5.74, 6) is 0.153. The lowest BCUT2D eigenvalue weighted by Crippen LogP contribution is -2.66. The Kier molecular flexibility index (Phi) is 4.65. The van der Waals surface area contributed by atoms with Gasteiger partial charge >= 0.3 is 0 Å². The predicted molar refractivity (Wildman–Crippen MR) is 81.0 cm³/mol. The summed E-state index contributed by atoms with van der Waals surface area (Å²) in [7, 11) is 0. The zero-order valence-electron chi connectivity index (χ0n) is 13.0. The monoisotopic (exact) mass is 293 g/mol. The molecule has 1 amide bonds. The second kappa shape index (κ2) is 6.49. The Hall–Kier alpha value is -0.870. The SMILES string of the molecule is CCO[C@@H]1C[C@H](NC(=O)C2=CCCCC2)C12CCOCC2. The third-order valence-electron chi connectivity index (χ3n) is 5.46. The molecular formula is C17H27NO3. The second-order valence-corrected chi connectivity index (χ2v) is 6.53. The molecule has 4 heteroatoms. The Labute approximate surface area is 127 Å². The van der Waals surface area contributed by atoms with Crippen LogP contribution >= 0.6 is 0 Å². The van der Waals surface area contributed by atoms with Gasteiger partial charge < -0.3 is 14.8 Å². The number of ether oxygens (including phenoxy) is 2. The first kappa shape index (κ1) is 15.0. The Morgan fingerprint density at radius 3 is 2.90 bits per heavy atom. The normalized spacial score (nSPS) is 31.4. The minimum absolute atomic E-state index is 0.110. The first-order valence-electron chi connectivity index (χ1n) is 8.45.